The average Bonchev–Trinajstić information content (AvgIpc) is 2.14. The third-order valence-corrected chi connectivity index (χ3v) is 2.02. The molecule has 0 aliphatic heterocycles. The van der Waals surface area contributed by atoms with Crippen molar-refractivity contribution in [1.82, 2.24) is 0 Å². The third kappa shape index (κ3) is 3.21. The number of nitrogens with two attached hydrogens (primary N) is 1. The van der Waals surface area contributed by atoms with Gasteiger partial charge in [-0.1, -0.05) is 0 Å². The van der Waals surface area contributed by atoms with Gasteiger partial charge >= 0.3 is 0 Å². The molecule has 1 atom stereocenters. The molecule has 0 amide bonds. The van der Waals surface area contributed by atoms with Gasteiger partial charge in [-0.2, -0.15) is 0 Å². The molecule has 1 rings (SSSR count). The number of aryl methyl sites for hydroxylation is 1. The van der Waals surface area contributed by atoms with E-state index in [-0.39, 0.29) is 16.7 Å². The summed E-state index contributed by atoms with van der Waals surface area (Å²) in [6.07, 6.45) is 0. The van der Waals surface area contributed by atoms with E-state index in [1.165, 1.54) is 6.07 Å². The minimum Gasteiger partial charge on any atom is -0.383 e. The maximum Gasteiger partial charge on any atom is 0.272 e. The quantitative estimate of drug-likeness (QED) is 0.583. The van der Waals surface area contributed by atoms with Crippen LogP contribution in [0.5, 0.6) is 0 Å². The van der Waals surface area contributed by atoms with Crippen LogP contribution in [-0.2, 0) is 0 Å². The summed E-state index contributed by atoms with van der Waals surface area (Å²) in [6, 6.07) is 4.99. The highest BCUT2D eigenvalue weighted by Gasteiger charge is 2.09. The van der Waals surface area contributed by atoms with Gasteiger partial charge in [0.2, 0.25) is 0 Å². The lowest BCUT2D eigenvalue weighted by Crippen LogP contribution is -2.25. The van der Waals surface area contributed by atoms with Crippen LogP contribution < -0.4 is 11.1 Å². The average molecular weight is 209 g/mol. The molecule has 15 heavy (non-hydrogen) atoms. The fourth-order valence-electron chi connectivity index (χ4n) is 1.25. The molecule has 0 spiro atoms. The Balaban J connectivity index is 2.78. The number of rotatable bonds is 4. The predicted octanol–water partition coefficient (Wildman–Crippen LogP) is 1.66. The van der Waals surface area contributed by atoms with Crippen molar-refractivity contribution in [2.45, 2.75) is 19.9 Å². The van der Waals surface area contributed by atoms with Gasteiger partial charge in [-0.3, -0.25) is 10.1 Å². The van der Waals surface area contributed by atoms with Crippen molar-refractivity contribution in [2.24, 2.45) is 5.73 Å². The first kappa shape index (κ1) is 11.5. The Labute approximate surface area is 88.4 Å². The number of anilines is 1. The number of benzene rings is 1. The van der Waals surface area contributed by atoms with Crippen molar-refractivity contribution in [3.63, 3.8) is 0 Å². The van der Waals surface area contributed by atoms with Gasteiger partial charge in [-0.25, -0.2) is 0 Å². The molecule has 0 aliphatic rings. The van der Waals surface area contributed by atoms with Gasteiger partial charge in [-0.05, 0) is 26.0 Å². The summed E-state index contributed by atoms with van der Waals surface area (Å²) in [7, 11) is 0. The topological polar surface area (TPSA) is 81.2 Å². The molecule has 0 saturated carbocycles. The monoisotopic (exact) mass is 209 g/mol. The molecule has 0 heterocycles. The van der Waals surface area contributed by atoms with Crippen LogP contribution >= 0.6 is 0 Å². The largest absolute Gasteiger partial charge is 0.383 e. The second kappa shape index (κ2) is 4.75. The Hall–Kier alpha value is -1.62. The van der Waals surface area contributed by atoms with E-state index in [4.69, 9.17) is 5.73 Å². The fourth-order valence-corrected chi connectivity index (χ4v) is 1.25. The summed E-state index contributed by atoms with van der Waals surface area (Å²) < 4.78 is 0. The molecule has 1 aromatic carbocycles. The van der Waals surface area contributed by atoms with Crippen LogP contribution in [0.25, 0.3) is 0 Å². The minimum absolute atomic E-state index is 0.0560. The van der Waals surface area contributed by atoms with Crippen LogP contribution in [0.15, 0.2) is 18.2 Å². The van der Waals surface area contributed by atoms with Crippen LogP contribution in [0, 0.1) is 17.0 Å². The van der Waals surface area contributed by atoms with Crippen LogP contribution in [0.3, 0.4) is 0 Å². The first-order valence-electron chi connectivity index (χ1n) is 4.75. The van der Waals surface area contributed by atoms with Gasteiger partial charge in [0.25, 0.3) is 5.69 Å². The highest BCUT2D eigenvalue weighted by molar-refractivity contribution is 5.53. The van der Waals surface area contributed by atoms with Crippen LogP contribution in [0.2, 0.25) is 0 Å². The van der Waals surface area contributed by atoms with E-state index in [0.29, 0.717) is 12.1 Å². The first-order valence-corrected chi connectivity index (χ1v) is 4.75. The van der Waals surface area contributed by atoms with E-state index >= 15 is 0 Å². The van der Waals surface area contributed by atoms with E-state index in [0.717, 1.165) is 5.69 Å². The van der Waals surface area contributed by atoms with Gasteiger partial charge in [0.1, 0.15) is 0 Å². The second-order valence-corrected chi connectivity index (χ2v) is 3.62. The molecule has 0 saturated heterocycles. The number of nitro groups is 1. The van der Waals surface area contributed by atoms with Crippen LogP contribution in [0.4, 0.5) is 11.4 Å². The molecule has 0 radical (unpaired) electrons. The summed E-state index contributed by atoms with van der Waals surface area (Å²) in [5, 5.41) is 13.7. The molecule has 0 aliphatic carbocycles. The van der Waals surface area contributed by atoms with Crippen molar-refractivity contribution in [3.05, 3.63) is 33.9 Å². The zero-order chi connectivity index (χ0) is 11.4. The molecule has 0 aromatic heterocycles. The van der Waals surface area contributed by atoms with Crippen molar-refractivity contribution < 1.29 is 4.92 Å². The maximum atomic E-state index is 10.6. The smallest absolute Gasteiger partial charge is 0.272 e. The van der Waals surface area contributed by atoms with E-state index in [2.05, 4.69) is 5.32 Å². The Kier molecular flexibility index (Phi) is 3.62. The second-order valence-electron chi connectivity index (χ2n) is 3.62. The maximum absolute atomic E-state index is 10.6. The van der Waals surface area contributed by atoms with Gasteiger partial charge < -0.3 is 11.1 Å². The zero-order valence-corrected chi connectivity index (χ0v) is 8.86. The Morgan fingerprint density at radius 1 is 1.60 bits per heavy atom. The molecule has 3 N–H and O–H groups in total. The molecule has 1 unspecified atom stereocenters. The Morgan fingerprint density at radius 3 is 2.73 bits per heavy atom. The molecule has 82 valence electrons. The predicted molar refractivity (Wildman–Crippen MR) is 60.0 cm³/mol. The fraction of sp³-hybridized carbons (Fsp3) is 0.400. The summed E-state index contributed by atoms with van der Waals surface area (Å²) in [4.78, 5) is 10.2. The van der Waals surface area contributed by atoms with E-state index in [1.807, 2.05) is 6.92 Å². The van der Waals surface area contributed by atoms with Gasteiger partial charge in [0.15, 0.2) is 0 Å². The van der Waals surface area contributed by atoms with Crippen molar-refractivity contribution in [1.29, 1.82) is 0 Å². The number of hydrogen-bond acceptors (Lipinski definition) is 4. The number of nitrogens with zero attached hydrogens (tertiary/aromatic N) is 1. The van der Waals surface area contributed by atoms with Gasteiger partial charge in [-0.15, -0.1) is 0 Å². The summed E-state index contributed by atoms with van der Waals surface area (Å²) in [5.74, 6) is 0. The number of hydrogen-bond donors (Lipinski definition) is 2. The summed E-state index contributed by atoms with van der Waals surface area (Å²) in [5.41, 5.74) is 7.23. The van der Waals surface area contributed by atoms with E-state index in [9.17, 15) is 10.1 Å². The highest BCUT2D eigenvalue weighted by Crippen LogP contribution is 2.21. The third-order valence-electron chi connectivity index (χ3n) is 2.02. The first-order chi connectivity index (χ1) is 7.00. The van der Waals surface area contributed by atoms with Crippen molar-refractivity contribution >= 4 is 11.4 Å². The number of nitrogens with one attached hydrogen (secondary N) is 1. The van der Waals surface area contributed by atoms with Crippen LogP contribution in [-0.4, -0.2) is 17.5 Å². The molecule has 0 fully saturated rings. The summed E-state index contributed by atoms with van der Waals surface area (Å²) >= 11 is 0. The Morgan fingerprint density at radius 2 is 2.27 bits per heavy atom. The SMILES string of the molecule is Cc1cc(NCC(C)N)ccc1[N+](=O)[O-]. The minimum atomic E-state index is -0.384. The Bertz CT molecular complexity index is 364. The zero-order valence-electron chi connectivity index (χ0n) is 8.86. The highest BCUT2D eigenvalue weighted by atomic mass is 16.6. The van der Waals surface area contributed by atoms with E-state index < -0.39 is 0 Å². The van der Waals surface area contributed by atoms with Crippen LogP contribution in [0.1, 0.15) is 12.5 Å². The molecular formula is C10H15N3O2. The molecule has 5 nitrogen and oxygen atoms in total. The lowest BCUT2D eigenvalue weighted by molar-refractivity contribution is -0.385. The lowest BCUT2D eigenvalue weighted by Gasteiger charge is -2.09. The standard InChI is InChI=1S/C10H15N3O2/c1-7-5-9(12-6-8(2)11)3-4-10(7)13(14)15/h3-5,8,12H,6,11H2,1-2H3. The molecule has 5 heteroatoms. The molecule has 1 aromatic rings. The normalized spacial score (nSPS) is 12.2. The van der Waals surface area contributed by atoms with E-state index in [1.54, 1.807) is 19.1 Å². The van der Waals surface area contributed by atoms with Gasteiger partial charge in [0.05, 0.1) is 4.92 Å². The number of nitro benzene ring substituents is 1. The molecular weight excluding hydrogens is 194 g/mol. The van der Waals surface area contributed by atoms with Gasteiger partial charge in [0, 0.05) is 29.9 Å². The molecule has 0 bridgehead atoms. The summed E-state index contributed by atoms with van der Waals surface area (Å²) in [6.45, 7) is 4.26. The van der Waals surface area contributed by atoms with Crippen molar-refractivity contribution in [3.8, 4) is 0 Å². The lowest BCUT2D eigenvalue weighted by atomic mass is 10.2. The van der Waals surface area contributed by atoms with Crippen molar-refractivity contribution in [2.75, 3.05) is 11.9 Å².